The summed E-state index contributed by atoms with van der Waals surface area (Å²) in [6, 6.07) is 17.2. The number of hydrogen-bond acceptors (Lipinski definition) is 1. The monoisotopic (exact) mass is 277 g/mol. The molecule has 0 aliphatic heterocycles. The van der Waals surface area contributed by atoms with Crippen LogP contribution in [0.2, 0.25) is 0 Å². The van der Waals surface area contributed by atoms with E-state index >= 15 is 0 Å². The van der Waals surface area contributed by atoms with Crippen molar-refractivity contribution in [1.82, 2.24) is 4.57 Å². The first-order chi connectivity index (χ1) is 10.2. The number of rotatable bonds is 1. The Kier molecular flexibility index (Phi) is 2.86. The Balaban J connectivity index is 1.92. The summed E-state index contributed by atoms with van der Waals surface area (Å²) in [6.07, 6.45) is 2.70. The second kappa shape index (κ2) is 4.74. The van der Waals surface area contributed by atoms with E-state index in [0.717, 1.165) is 24.8 Å². The molecule has 4 rings (SSSR count). The van der Waals surface area contributed by atoms with Gasteiger partial charge < -0.3 is 9.67 Å². The Morgan fingerprint density at radius 2 is 1.86 bits per heavy atom. The third kappa shape index (κ3) is 1.98. The first-order valence-electron chi connectivity index (χ1n) is 7.62. The van der Waals surface area contributed by atoms with Crippen molar-refractivity contribution >= 4 is 10.8 Å². The lowest BCUT2D eigenvalue weighted by Crippen LogP contribution is -2.11. The van der Waals surface area contributed by atoms with Crippen LogP contribution >= 0.6 is 0 Å². The van der Waals surface area contributed by atoms with Gasteiger partial charge in [0.1, 0.15) is 0 Å². The molecule has 0 amide bonds. The summed E-state index contributed by atoms with van der Waals surface area (Å²) in [5.74, 6) is 0. The Hall–Kier alpha value is -2.06. The molecule has 2 nitrogen and oxygen atoms in total. The van der Waals surface area contributed by atoms with Gasteiger partial charge in [0.2, 0.25) is 0 Å². The number of hydrogen-bond donors (Lipinski definition) is 1. The average molecular weight is 277 g/mol. The molecule has 1 heterocycles. The average Bonchev–Trinajstić information content (AvgIpc) is 2.84. The van der Waals surface area contributed by atoms with Crippen molar-refractivity contribution in [3.63, 3.8) is 0 Å². The second-order valence-corrected chi connectivity index (χ2v) is 5.96. The number of nitrogens with zero attached hydrogens (tertiary/aromatic N) is 1. The first kappa shape index (κ1) is 12.7. The zero-order valence-corrected chi connectivity index (χ0v) is 12.2. The van der Waals surface area contributed by atoms with Crippen molar-refractivity contribution < 1.29 is 5.11 Å². The molecule has 1 atom stereocenters. The highest BCUT2D eigenvalue weighted by atomic mass is 16.3. The van der Waals surface area contributed by atoms with Crippen molar-refractivity contribution in [1.29, 1.82) is 0 Å². The molecule has 1 aliphatic carbocycles. The van der Waals surface area contributed by atoms with Gasteiger partial charge in [0.05, 0.1) is 6.10 Å². The molecule has 0 spiro atoms. The van der Waals surface area contributed by atoms with Crippen LogP contribution in [0.1, 0.15) is 35.9 Å². The minimum atomic E-state index is -0.297. The summed E-state index contributed by atoms with van der Waals surface area (Å²) in [5, 5.41) is 12.7. The van der Waals surface area contributed by atoms with E-state index in [0.29, 0.717) is 0 Å². The fourth-order valence-corrected chi connectivity index (χ4v) is 3.55. The first-order valence-corrected chi connectivity index (χ1v) is 7.62. The molecule has 1 aliphatic rings. The van der Waals surface area contributed by atoms with Gasteiger partial charge in [-0.25, -0.2) is 0 Å². The Labute approximate surface area is 124 Å². The topological polar surface area (TPSA) is 25.2 Å². The standard InChI is InChI=1S/C19H19NO/c1-13-11-17-18(7-4-8-19(17)21)20(13)16-10-9-14-5-2-3-6-15(14)12-16/h2-3,5-6,9-12,19,21H,4,7-8H2,1H3. The van der Waals surface area contributed by atoms with Crippen LogP contribution in [-0.4, -0.2) is 9.67 Å². The SMILES string of the molecule is Cc1cc2c(n1-c1ccc3ccccc3c1)CCCC2O. The molecule has 0 fully saturated rings. The van der Waals surface area contributed by atoms with Gasteiger partial charge >= 0.3 is 0 Å². The largest absolute Gasteiger partial charge is 0.388 e. The Morgan fingerprint density at radius 3 is 2.71 bits per heavy atom. The van der Waals surface area contributed by atoms with Crippen molar-refractivity contribution in [3.8, 4) is 5.69 Å². The van der Waals surface area contributed by atoms with E-state index in [1.807, 2.05) is 0 Å². The van der Waals surface area contributed by atoms with E-state index in [9.17, 15) is 5.11 Å². The van der Waals surface area contributed by atoms with E-state index in [1.165, 1.54) is 27.8 Å². The maximum absolute atomic E-state index is 10.2. The third-order valence-electron chi connectivity index (χ3n) is 4.56. The molecule has 1 N–H and O–H groups in total. The third-order valence-corrected chi connectivity index (χ3v) is 4.56. The van der Waals surface area contributed by atoms with Crippen LogP contribution in [0.5, 0.6) is 0 Å². The van der Waals surface area contributed by atoms with Crippen LogP contribution in [0.4, 0.5) is 0 Å². The molecule has 0 saturated carbocycles. The van der Waals surface area contributed by atoms with Crippen molar-refractivity contribution in [2.45, 2.75) is 32.3 Å². The summed E-state index contributed by atoms with van der Waals surface area (Å²) < 4.78 is 2.31. The maximum atomic E-state index is 10.2. The van der Waals surface area contributed by atoms with E-state index in [4.69, 9.17) is 0 Å². The van der Waals surface area contributed by atoms with Crippen LogP contribution in [0.3, 0.4) is 0 Å². The van der Waals surface area contributed by atoms with Crippen molar-refractivity contribution in [2.75, 3.05) is 0 Å². The van der Waals surface area contributed by atoms with Gasteiger partial charge in [0.15, 0.2) is 0 Å². The molecule has 0 radical (unpaired) electrons. The van der Waals surface area contributed by atoms with Gasteiger partial charge in [0, 0.05) is 22.6 Å². The number of fused-ring (bicyclic) bond motifs is 2. The molecule has 2 heteroatoms. The molecule has 3 aromatic rings. The fraction of sp³-hybridized carbons (Fsp3) is 0.263. The molecule has 0 saturated heterocycles. The van der Waals surface area contributed by atoms with Gasteiger partial charge in [-0.1, -0.05) is 30.3 Å². The molecule has 106 valence electrons. The lowest BCUT2D eigenvalue weighted by atomic mass is 9.95. The van der Waals surface area contributed by atoms with Crippen LogP contribution in [0.15, 0.2) is 48.5 Å². The minimum Gasteiger partial charge on any atom is -0.388 e. The summed E-state index contributed by atoms with van der Waals surface area (Å²) in [6.45, 7) is 2.13. The predicted octanol–water partition coefficient (Wildman–Crippen LogP) is 4.31. The van der Waals surface area contributed by atoms with Crippen LogP contribution in [0.25, 0.3) is 16.5 Å². The van der Waals surface area contributed by atoms with Gasteiger partial charge in [-0.3, -0.25) is 0 Å². The van der Waals surface area contributed by atoms with Gasteiger partial charge in [-0.15, -0.1) is 0 Å². The van der Waals surface area contributed by atoms with Gasteiger partial charge in [-0.05, 0) is 55.2 Å². The van der Waals surface area contributed by atoms with Crippen LogP contribution < -0.4 is 0 Å². The smallest absolute Gasteiger partial charge is 0.0807 e. The van der Waals surface area contributed by atoms with Crippen molar-refractivity contribution in [3.05, 3.63) is 65.5 Å². The number of aromatic nitrogens is 1. The molecule has 0 bridgehead atoms. The quantitative estimate of drug-likeness (QED) is 0.704. The second-order valence-electron chi connectivity index (χ2n) is 5.96. The maximum Gasteiger partial charge on any atom is 0.0807 e. The predicted molar refractivity (Wildman–Crippen MR) is 85.9 cm³/mol. The highest BCUT2D eigenvalue weighted by molar-refractivity contribution is 5.84. The molecule has 2 aromatic carbocycles. The fourth-order valence-electron chi connectivity index (χ4n) is 3.55. The summed E-state index contributed by atoms with van der Waals surface area (Å²) in [7, 11) is 0. The van der Waals surface area contributed by atoms with E-state index in [2.05, 4.69) is 60.0 Å². The summed E-state index contributed by atoms with van der Waals surface area (Å²) in [5.41, 5.74) is 4.80. The molecular formula is C19H19NO. The summed E-state index contributed by atoms with van der Waals surface area (Å²) >= 11 is 0. The highest BCUT2D eigenvalue weighted by Gasteiger charge is 2.23. The lowest BCUT2D eigenvalue weighted by molar-refractivity contribution is 0.156. The highest BCUT2D eigenvalue weighted by Crippen LogP contribution is 2.34. The van der Waals surface area contributed by atoms with Gasteiger partial charge in [0.25, 0.3) is 0 Å². The van der Waals surface area contributed by atoms with E-state index < -0.39 is 0 Å². The Morgan fingerprint density at radius 1 is 1.05 bits per heavy atom. The normalized spacial score (nSPS) is 17.9. The lowest BCUT2D eigenvalue weighted by Gasteiger charge is -2.20. The molecule has 1 unspecified atom stereocenters. The molecule has 21 heavy (non-hydrogen) atoms. The van der Waals surface area contributed by atoms with Crippen molar-refractivity contribution in [2.24, 2.45) is 0 Å². The Bertz CT molecular complexity index is 816. The van der Waals surface area contributed by atoms with Crippen LogP contribution in [-0.2, 0) is 6.42 Å². The minimum absolute atomic E-state index is 0.297. The van der Waals surface area contributed by atoms with E-state index in [-0.39, 0.29) is 6.10 Å². The van der Waals surface area contributed by atoms with E-state index in [1.54, 1.807) is 0 Å². The van der Waals surface area contributed by atoms with Crippen LogP contribution in [0, 0.1) is 6.92 Å². The number of aryl methyl sites for hydroxylation is 1. The number of benzene rings is 2. The number of aliphatic hydroxyl groups is 1. The summed E-state index contributed by atoms with van der Waals surface area (Å²) in [4.78, 5) is 0. The van der Waals surface area contributed by atoms with Gasteiger partial charge in [-0.2, -0.15) is 0 Å². The zero-order chi connectivity index (χ0) is 14.4. The number of aliphatic hydroxyl groups excluding tert-OH is 1. The molecule has 1 aromatic heterocycles. The molecular weight excluding hydrogens is 258 g/mol. The zero-order valence-electron chi connectivity index (χ0n) is 12.2.